The Morgan fingerprint density at radius 1 is 1.03 bits per heavy atom. The average Bonchev–Trinajstić information content (AvgIpc) is 2.73. The fraction of sp³-hybridized carbons (Fsp3) is 0.125. The number of fused-ring (bicyclic) bond motifs is 1. The van der Waals surface area contributed by atoms with E-state index in [-0.39, 0.29) is 18.0 Å². The Bertz CT molecular complexity index is 1330. The number of amides is 1. The summed E-state index contributed by atoms with van der Waals surface area (Å²) in [6.07, 6.45) is 0. The van der Waals surface area contributed by atoms with Gasteiger partial charge in [0.2, 0.25) is 5.91 Å². The van der Waals surface area contributed by atoms with Crippen molar-refractivity contribution in [2.24, 2.45) is 0 Å². The molecule has 1 aromatic heterocycles. The van der Waals surface area contributed by atoms with Gasteiger partial charge in [-0.05, 0) is 49.7 Å². The topological polar surface area (TPSA) is 64.0 Å². The lowest BCUT2D eigenvalue weighted by Gasteiger charge is -2.14. The van der Waals surface area contributed by atoms with Gasteiger partial charge in [0.1, 0.15) is 12.4 Å². The third-order valence-electron chi connectivity index (χ3n) is 4.90. The number of halogens is 1. The van der Waals surface area contributed by atoms with Crippen molar-refractivity contribution in [2.75, 3.05) is 5.32 Å². The number of para-hydroxylation sites is 1. The lowest BCUT2D eigenvalue weighted by molar-refractivity contribution is -0.116. The summed E-state index contributed by atoms with van der Waals surface area (Å²) in [6, 6.07) is 20.2. The molecule has 1 N–H and O–H groups in total. The van der Waals surface area contributed by atoms with Gasteiger partial charge in [-0.3, -0.25) is 14.2 Å². The average molecular weight is 418 g/mol. The molecule has 0 saturated carbocycles. The maximum atomic E-state index is 13.2. The van der Waals surface area contributed by atoms with Gasteiger partial charge in [-0.25, -0.2) is 4.98 Å². The van der Waals surface area contributed by atoms with E-state index in [1.807, 2.05) is 50.2 Å². The molecule has 1 amide bonds. The van der Waals surface area contributed by atoms with E-state index in [0.717, 1.165) is 16.7 Å². The molecule has 1 heterocycles. The van der Waals surface area contributed by atoms with Crippen LogP contribution in [0.25, 0.3) is 22.3 Å². The minimum Gasteiger partial charge on any atom is -0.324 e. The third kappa shape index (κ3) is 3.98. The molecule has 0 aliphatic rings. The first kappa shape index (κ1) is 19.9. The van der Waals surface area contributed by atoms with E-state index in [1.165, 1.54) is 4.57 Å². The molecule has 0 saturated heterocycles. The van der Waals surface area contributed by atoms with Crippen LogP contribution in [0, 0.1) is 13.8 Å². The van der Waals surface area contributed by atoms with Gasteiger partial charge >= 0.3 is 0 Å². The van der Waals surface area contributed by atoms with Crippen LogP contribution < -0.4 is 10.9 Å². The first-order valence-corrected chi connectivity index (χ1v) is 9.93. The predicted molar refractivity (Wildman–Crippen MR) is 121 cm³/mol. The molecule has 0 spiro atoms. The summed E-state index contributed by atoms with van der Waals surface area (Å²) >= 11 is 6.15. The van der Waals surface area contributed by atoms with Gasteiger partial charge in [-0.2, -0.15) is 0 Å². The van der Waals surface area contributed by atoms with E-state index in [0.29, 0.717) is 27.4 Å². The first-order valence-electron chi connectivity index (χ1n) is 9.55. The number of aryl methyl sites for hydroxylation is 2. The van der Waals surface area contributed by atoms with Crippen molar-refractivity contribution < 1.29 is 4.79 Å². The number of rotatable bonds is 4. The number of nitrogens with zero attached hydrogens (tertiary/aromatic N) is 2. The Labute approximate surface area is 179 Å². The molecular weight excluding hydrogens is 398 g/mol. The number of anilines is 1. The molecule has 4 aromatic rings. The number of hydrogen-bond donors (Lipinski definition) is 1. The normalized spacial score (nSPS) is 10.9. The standard InChI is InChI=1S/C24H20ClN3O2/c1-15-6-5-7-17(12-15)23-27-21-9-4-3-8-19(21)24(30)28(23)14-22(29)26-18-11-10-16(2)20(25)13-18/h3-13H,14H2,1-2H3,(H,26,29). The molecule has 6 heteroatoms. The van der Waals surface area contributed by atoms with Crippen molar-refractivity contribution >= 4 is 34.1 Å². The number of hydrogen-bond acceptors (Lipinski definition) is 3. The second kappa shape index (κ2) is 8.13. The SMILES string of the molecule is Cc1cccc(-c2nc3ccccc3c(=O)n2CC(=O)Nc2ccc(C)c(Cl)c2)c1. The Hall–Kier alpha value is -3.44. The highest BCUT2D eigenvalue weighted by atomic mass is 35.5. The second-order valence-electron chi connectivity index (χ2n) is 7.23. The zero-order valence-corrected chi connectivity index (χ0v) is 17.4. The first-order chi connectivity index (χ1) is 14.4. The Morgan fingerprint density at radius 2 is 1.83 bits per heavy atom. The highest BCUT2D eigenvalue weighted by molar-refractivity contribution is 6.31. The fourth-order valence-corrected chi connectivity index (χ4v) is 3.51. The molecule has 3 aromatic carbocycles. The molecule has 0 radical (unpaired) electrons. The highest BCUT2D eigenvalue weighted by Gasteiger charge is 2.16. The van der Waals surface area contributed by atoms with Crippen molar-refractivity contribution in [1.29, 1.82) is 0 Å². The molecular formula is C24H20ClN3O2. The van der Waals surface area contributed by atoms with Crippen molar-refractivity contribution in [1.82, 2.24) is 9.55 Å². The molecule has 5 nitrogen and oxygen atoms in total. The van der Waals surface area contributed by atoms with E-state index in [1.54, 1.807) is 30.3 Å². The van der Waals surface area contributed by atoms with Gasteiger partial charge in [-0.1, -0.05) is 53.6 Å². The summed E-state index contributed by atoms with van der Waals surface area (Å²) in [5.41, 5.74) is 3.67. The molecule has 150 valence electrons. The summed E-state index contributed by atoms with van der Waals surface area (Å²) in [7, 11) is 0. The lowest BCUT2D eigenvalue weighted by atomic mass is 10.1. The van der Waals surface area contributed by atoms with Gasteiger partial charge < -0.3 is 5.32 Å². The maximum absolute atomic E-state index is 13.2. The quantitative estimate of drug-likeness (QED) is 0.509. The third-order valence-corrected chi connectivity index (χ3v) is 5.30. The van der Waals surface area contributed by atoms with Crippen LogP contribution >= 0.6 is 11.6 Å². The number of nitrogens with one attached hydrogen (secondary N) is 1. The van der Waals surface area contributed by atoms with Gasteiger partial charge in [0.05, 0.1) is 10.9 Å². The van der Waals surface area contributed by atoms with E-state index >= 15 is 0 Å². The van der Waals surface area contributed by atoms with Crippen molar-refractivity contribution in [2.45, 2.75) is 20.4 Å². The number of benzene rings is 3. The van der Waals surface area contributed by atoms with Crippen LogP contribution in [0.2, 0.25) is 5.02 Å². The van der Waals surface area contributed by atoms with Crippen LogP contribution in [-0.4, -0.2) is 15.5 Å². The largest absolute Gasteiger partial charge is 0.324 e. The minimum atomic E-state index is -0.331. The fourth-order valence-electron chi connectivity index (χ4n) is 3.33. The predicted octanol–water partition coefficient (Wildman–Crippen LogP) is 4.97. The zero-order chi connectivity index (χ0) is 21.3. The molecule has 4 rings (SSSR count). The summed E-state index contributed by atoms with van der Waals surface area (Å²) in [5, 5.41) is 3.85. The van der Waals surface area contributed by atoms with Crippen LogP contribution in [0.15, 0.2) is 71.5 Å². The lowest BCUT2D eigenvalue weighted by Crippen LogP contribution is -2.30. The van der Waals surface area contributed by atoms with Crippen LogP contribution in [-0.2, 0) is 11.3 Å². The maximum Gasteiger partial charge on any atom is 0.262 e. The summed E-state index contributed by atoms with van der Waals surface area (Å²) < 4.78 is 1.42. The highest BCUT2D eigenvalue weighted by Crippen LogP contribution is 2.22. The van der Waals surface area contributed by atoms with Crippen LogP contribution in [0.4, 0.5) is 5.69 Å². The number of aromatic nitrogens is 2. The van der Waals surface area contributed by atoms with Gasteiger partial charge in [-0.15, -0.1) is 0 Å². The van der Waals surface area contributed by atoms with Crippen LogP contribution in [0.3, 0.4) is 0 Å². The van der Waals surface area contributed by atoms with Gasteiger partial charge in [0.15, 0.2) is 0 Å². The smallest absolute Gasteiger partial charge is 0.262 e. The van der Waals surface area contributed by atoms with Gasteiger partial charge in [0, 0.05) is 16.3 Å². The van der Waals surface area contributed by atoms with E-state index in [9.17, 15) is 9.59 Å². The molecule has 0 atom stereocenters. The van der Waals surface area contributed by atoms with Crippen LogP contribution in [0.5, 0.6) is 0 Å². The number of carbonyl (C=O) groups is 1. The molecule has 0 unspecified atom stereocenters. The van der Waals surface area contributed by atoms with Gasteiger partial charge in [0.25, 0.3) is 5.56 Å². The van der Waals surface area contributed by atoms with E-state index in [4.69, 9.17) is 16.6 Å². The van der Waals surface area contributed by atoms with E-state index < -0.39 is 0 Å². The zero-order valence-electron chi connectivity index (χ0n) is 16.6. The van der Waals surface area contributed by atoms with E-state index in [2.05, 4.69) is 5.32 Å². The van der Waals surface area contributed by atoms with Crippen LogP contribution in [0.1, 0.15) is 11.1 Å². The molecule has 30 heavy (non-hydrogen) atoms. The number of carbonyl (C=O) groups excluding carboxylic acids is 1. The monoisotopic (exact) mass is 417 g/mol. The molecule has 0 aliphatic carbocycles. The van der Waals surface area contributed by atoms with Crippen molar-refractivity contribution in [3.8, 4) is 11.4 Å². The Balaban J connectivity index is 1.77. The van der Waals surface area contributed by atoms with Crippen molar-refractivity contribution in [3.63, 3.8) is 0 Å². The minimum absolute atomic E-state index is 0.161. The summed E-state index contributed by atoms with van der Waals surface area (Å²) in [4.78, 5) is 30.7. The Morgan fingerprint density at radius 3 is 2.60 bits per heavy atom. The molecule has 0 bridgehead atoms. The van der Waals surface area contributed by atoms with Crippen molar-refractivity contribution in [3.05, 3.63) is 93.2 Å². The Kier molecular flexibility index (Phi) is 5.38. The molecule has 0 aliphatic heterocycles. The molecule has 0 fully saturated rings. The summed E-state index contributed by atoms with van der Waals surface area (Å²) in [6.45, 7) is 3.70. The summed E-state index contributed by atoms with van der Waals surface area (Å²) in [5.74, 6) is 0.127. The second-order valence-corrected chi connectivity index (χ2v) is 7.63.